The molecule has 0 spiro atoms. The van der Waals surface area contributed by atoms with Gasteiger partial charge >= 0.3 is 5.97 Å². The van der Waals surface area contributed by atoms with E-state index in [-0.39, 0.29) is 43.9 Å². The number of hydrogen-bond acceptors (Lipinski definition) is 23. The van der Waals surface area contributed by atoms with Crippen LogP contribution in [0, 0.1) is 29.6 Å². The molecule has 0 unspecified atom stereocenters. The third kappa shape index (κ3) is 32.8. The molecule has 1 saturated heterocycles. The van der Waals surface area contributed by atoms with E-state index < -0.39 is 259 Å². The lowest BCUT2D eigenvalue weighted by molar-refractivity contribution is -0.141. The third-order valence-corrected chi connectivity index (χ3v) is 21.4. The number of hydrogen-bond donors (Lipinski definition) is 22. The number of aromatic amines is 1. The summed E-state index contributed by atoms with van der Waals surface area (Å²) in [6, 6.07) is 2.67. The average Bonchev–Trinajstić information content (AvgIpc) is 1.71. The lowest BCUT2D eigenvalue weighted by Gasteiger charge is -2.30. The lowest BCUT2D eigenvalue weighted by atomic mass is 9.97. The second kappa shape index (κ2) is 50.3. The molecular weight excluding hydrogens is 1670 g/mol. The number of H-pyrrole nitrogens is 1. The number of rotatable bonds is 24. The number of carboxylic acids is 1. The lowest BCUT2D eigenvalue weighted by Crippen LogP contribution is -2.63. The molecule has 0 aliphatic carbocycles. The first-order chi connectivity index (χ1) is 60.1. The zero-order chi connectivity index (χ0) is 94.1. The average molecular weight is 1790 g/mol. The maximum absolute atomic E-state index is 15.2. The Hall–Kier alpha value is -13.0. The minimum Gasteiger partial charge on any atom is -0.481 e. The van der Waals surface area contributed by atoms with Crippen LogP contribution in [0.15, 0.2) is 110 Å². The van der Waals surface area contributed by atoms with Crippen molar-refractivity contribution in [3.05, 3.63) is 126 Å². The molecule has 6 rings (SSSR count). The molecule has 0 bridgehead atoms. The quantitative estimate of drug-likeness (QED) is 0.0278. The summed E-state index contributed by atoms with van der Waals surface area (Å²) in [6.07, 6.45) is 1.01. The van der Waals surface area contributed by atoms with Gasteiger partial charge in [-0.25, -0.2) is 0 Å². The van der Waals surface area contributed by atoms with Gasteiger partial charge in [0.15, 0.2) is 0 Å². The van der Waals surface area contributed by atoms with E-state index >= 15 is 14.4 Å². The van der Waals surface area contributed by atoms with Gasteiger partial charge in [-0.3, -0.25) is 91.3 Å². The number of fused-ring (bicyclic) bond motifs is 1. The molecular formula is C85H119N21O20S. The molecule has 41 nitrogen and oxygen atoms in total. The van der Waals surface area contributed by atoms with Crippen molar-refractivity contribution in [2.45, 2.75) is 199 Å². The Morgan fingerprint density at radius 2 is 0.811 bits per heavy atom. The molecule has 17 amide bonds. The number of aliphatic carboxylic acids is 1. The highest BCUT2D eigenvalue weighted by atomic mass is 32.2. The number of primary amides is 2. The molecule has 0 radical (unpaired) electrons. The zero-order valence-electron chi connectivity index (χ0n) is 72.5. The normalized spacial score (nSPS) is 23.8. The Morgan fingerprint density at radius 3 is 1.28 bits per heavy atom. The Balaban J connectivity index is 1.44. The molecule has 3 aromatic carbocycles. The molecule has 26 N–H and O–H groups in total. The first-order valence-corrected chi connectivity index (χ1v) is 42.7. The van der Waals surface area contributed by atoms with Gasteiger partial charge < -0.3 is 118 Å². The Labute approximate surface area is 738 Å². The predicted octanol–water partition coefficient (Wildman–Crippen LogP) is -4.29. The number of aromatic nitrogens is 2. The molecule has 690 valence electrons. The number of carboxylic acid groups (broad SMARTS) is 1. The van der Waals surface area contributed by atoms with Crippen LogP contribution in [0.1, 0.15) is 112 Å². The van der Waals surface area contributed by atoms with Crippen LogP contribution in [0.2, 0.25) is 0 Å². The number of nitrogens with zero attached hydrogens (tertiary/aromatic N) is 1. The minimum atomic E-state index is -2.04. The van der Waals surface area contributed by atoms with Crippen molar-refractivity contribution in [2.75, 3.05) is 37.7 Å². The minimum absolute atomic E-state index is 0.142. The molecule has 42 heteroatoms. The van der Waals surface area contributed by atoms with Crippen LogP contribution < -0.4 is 103 Å². The van der Waals surface area contributed by atoms with Crippen molar-refractivity contribution in [3.63, 3.8) is 0 Å². The van der Waals surface area contributed by atoms with Crippen LogP contribution in [0.4, 0.5) is 0 Å². The summed E-state index contributed by atoms with van der Waals surface area (Å²) in [7, 11) is 0. The molecule has 5 aromatic rings. The fraction of sp³-hybridized carbons (Fsp3) is 0.494. The number of aliphatic hydroxyl groups excluding tert-OH is 1. The van der Waals surface area contributed by atoms with Gasteiger partial charge in [0.2, 0.25) is 100 Å². The van der Waals surface area contributed by atoms with E-state index in [0.29, 0.717) is 39.4 Å². The van der Waals surface area contributed by atoms with Gasteiger partial charge in [0.25, 0.3) is 0 Å². The van der Waals surface area contributed by atoms with Crippen molar-refractivity contribution in [3.8, 4) is 11.1 Å². The second-order valence-electron chi connectivity index (χ2n) is 32.7. The van der Waals surface area contributed by atoms with Gasteiger partial charge in [-0.1, -0.05) is 142 Å². The van der Waals surface area contributed by atoms with E-state index in [2.05, 4.69) is 89.7 Å². The molecule has 127 heavy (non-hydrogen) atoms. The Morgan fingerprint density at radius 1 is 0.425 bits per heavy atom. The summed E-state index contributed by atoms with van der Waals surface area (Å²) in [5.41, 5.74) is 26.7. The molecule has 3 heterocycles. The molecule has 2 aromatic heterocycles. The van der Waals surface area contributed by atoms with E-state index in [1.807, 2.05) is 30.3 Å². The first-order valence-electron chi connectivity index (χ1n) is 41.6. The summed E-state index contributed by atoms with van der Waals surface area (Å²) in [6.45, 7) is 12.8. The number of pyridine rings is 1. The molecule has 14 atom stereocenters. The topological polar surface area (TPSA) is 661 Å². The highest BCUT2D eigenvalue weighted by Gasteiger charge is 2.41. The van der Waals surface area contributed by atoms with Crippen molar-refractivity contribution in [1.82, 2.24) is 89.7 Å². The summed E-state index contributed by atoms with van der Waals surface area (Å²) < 4.78 is 0. The van der Waals surface area contributed by atoms with E-state index in [4.69, 9.17) is 22.9 Å². The molecule has 0 saturated carbocycles. The first kappa shape index (κ1) is 103. The monoisotopic (exact) mass is 1790 g/mol. The smallest absolute Gasteiger partial charge is 0.305 e. The van der Waals surface area contributed by atoms with Gasteiger partial charge in [0, 0.05) is 67.6 Å². The Kier molecular flexibility index (Phi) is 40.7. The van der Waals surface area contributed by atoms with Crippen LogP contribution in [-0.4, -0.2) is 249 Å². The van der Waals surface area contributed by atoms with E-state index in [1.54, 1.807) is 110 Å². The van der Waals surface area contributed by atoms with E-state index in [9.17, 15) is 82.1 Å². The van der Waals surface area contributed by atoms with Crippen LogP contribution in [0.3, 0.4) is 0 Å². The van der Waals surface area contributed by atoms with Gasteiger partial charge in [-0.05, 0) is 88.4 Å². The fourth-order valence-corrected chi connectivity index (χ4v) is 14.4. The van der Waals surface area contributed by atoms with Gasteiger partial charge in [-0.15, -0.1) is 11.8 Å². The van der Waals surface area contributed by atoms with Gasteiger partial charge in [0.1, 0.15) is 84.6 Å². The van der Waals surface area contributed by atoms with Crippen LogP contribution in [0.25, 0.3) is 22.0 Å². The van der Waals surface area contributed by atoms with Crippen molar-refractivity contribution in [1.29, 1.82) is 0 Å². The zero-order valence-corrected chi connectivity index (χ0v) is 73.3. The maximum atomic E-state index is 15.2. The van der Waals surface area contributed by atoms with Gasteiger partial charge in [-0.2, -0.15) is 0 Å². The van der Waals surface area contributed by atoms with Crippen molar-refractivity contribution < 1.29 is 96.5 Å². The summed E-state index contributed by atoms with van der Waals surface area (Å²) >= 11 is 0.674. The highest BCUT2D eigenvalue weighted by molar-refractivity contribution is 8.00. The number of nitrogens with two attached hydrogens (primary N) is 4. The summed E-state index contributed by atoms with van der Waals surface area (Å²) in [5, 5.41) is 59.1. The molecule has 1 aliphatic heterocycles. The molecule has 1 aliphatic rings. The summed E-state index contributed by atoms with van der Waals surface area (Å²) in [4.78, 5) is 262. The molecule has 1 fully saturated rings. The predicted molar refractivity (Wildman–Crippen MR) is 467 cm³/mol. The third-order valence-electron chi connectivity index (χ3n) is 20.3. The van der Waals surface area contributed by atoms with Crippen molar-refractivity contribution >= 4 is 129 Å². The SMILES string of the molecule is CC(C)C[C@@H]1NC(=O)[C@H](CC(N)=O)NC(=O)[C@@H](CC(C)C)NC(=O)[C@H](CN)NC(=O)[C@H](C(C)C)NC(=O)[C@H](Cc2ccc(-c3ccccc3)cc2)NC(=O)[C@H](C(C)C)NC(=O)[C@H](Cc2c[nH]c3ccccc23)NC(=O)[C@H](CC(=O)O)NC(=O)[C@H](Cc2ccncc2)NC(=O)[C@H](CN)NC(=O)CSC[C@@H](C(=O)NCC(N)=O)NC(=O)[C@H](CO)NC(=O)[C@H](C(C)C)NC1=O. The Bertz CT molecular complexity index is 4690. The highest BCUT2D eigenvalue weighted by Crippen LogP contribution is 2.23. The largest absolute Gasteiger partial charge is 0.481 e. The second-order valence-corrected chi connectivity index (χ2v) is 33.7. The number of nitrogens with one attached hydrogen (secondary N) is 16. The number of benzene rings is 3. The standard InChI is InChI=1S/C85H119N21O20S/c1-42(2)28-54-73(114)98-59(33-65(88)108)75(116)94-55(29-43(3)4)77(118)104-71(46(9)10)85(126)102-63(39-107)82(123)103-64(72(113)92-38-66(89)109)40-127-41-67(110)93-61(35-86)80(121)96-56(31-48-24-26-90-27-25-48)74(115)99-60(34-68(111)112)76(117)97-58(32-51-37-91-53-19-15-14-18-52(51)53)79(120)106-69(44(5)6)83(124)100-57(30-47-20-22-50(23-21-47)49-16-12-11-13-17-49)78(119)105-70(45(7)8)84(125)101-62(36-87)81(122)95-54/h11-27,37,42-46,54-64,69-71,91,107H,28-36,38-41,86-87H2,1-10H3,(H2,88,108)(H2,89,109)(H,92,113)(H,93,110)(H,94,116)(H,95,122)(H,96,121)(H,97,117)(H,98,114)(H,99,115)(H,100,124)(H,101,125)(H,102,126)(H,103,123)(H,104,118)(H,105,119)(H,106,120)(H,111,112)/t54-,55+,56+,57+,58+,59+,60+,61+,62+,63+,64+,69+,70+,71+/m1/s1. The summed E-state index contributed by atoms with van der Waals surface area (Å²) in [5.74, 6) is -24.0. The van der Waals surface area contributed by atoms with E-state index in [0.717, 1.165) is 11.1 Å². The number of carbonyl (C=O) groups is 18. The van der Waals surface area contributed by atoms with Crippen LogP contribution in [0.5, 0.6) is 0 Å². The number of amides is 17. The van der Waals surface area contributed by atoms with Crippen LogP contribution >= 0.6 is 11.8 Å². The van der Waals surface area contributed by atoms with Crippen LogP contribution in [-0.2, 0) is 106 Å². The van der Waals surface area contributed by atoms with E-state index in [1.165, 1.54) is 38.4 Å². The number of aliphatic hydroxyl groups is 1. The number of carbonyl (C=O) groups excluding carboxylic acids is 17. The number of para-hydroxylation sites is 1. The van der Waals surface area contributed by atoms with Crippen molar-refractivity contribution in [2.24, 2.45) is 52.5 Å². The fourth-order valence-electron chi connectivity index (χ4n) is 13.5. The number of thioether (sulfide) groups is 1. The maximum Gasteiger partial charge on any atom is 0.305 e. The van der Waals surface area contributed by atoms with Gasteiger partial charge in [0.05, 0.1) is 31.7 Å².